The van der Waals surface area contributed by atoms with E-state index in [1.54, 1.807) is 0 Å². The van der Waals surface area contributed by atoms with Crippen molar-refractivity contribution in [2.75, 3.05) is 13.1 Å². The van der Waals surface area contributed by atoms with Crippen LogP contribution in [0.4, 0.5) is 0 Å². The van der Waals surface area contributed by atoms with Crippen LogP contribution >= 0.6 is 22.9 Å². The van der Waals surface area contributed by atoms with Crippen molar-refractivity contribution in [3.05, 3.63) is 0 Å². The van der Waals surface area contributed by atoms with Gasteiger partial charge in [-0.1, -0.05) is 0 Å². The second kappa shape index (κ2) is 2.98. The van der Waals surface area contributed by atoms with Gasteiger partial charge in [0.05, 0.1) is 0 Å². The van der Waals surface area contributed by atoms with Crippen molar-refractivity contribution >= 4 is 22.9 Å². The smallest absolute Gasteiger partial charge is 0.0317 e. The lowest BCUT2D eigenvalue weighted by Crippen LogP contribution is -2.27. The van der Waals surface area contributed by atoms with Crippen LogP contribution in [0, 0.1) is 0 Å². The minimum atomic E-state index is 0.663. The molecule has 0 bridgehead atoms. The molecule has 3 heteroatoms. The number of nitrogens with zero attached hydrogens (tertiary/aromatic N) is 1. The fourth-order valence-corrected chi connectivity index (χ4v) is 1.88. The number of nitrogens with two attached hydrogens (primary N) is 1. The van der Waals surface area contributed by atoms with Crippen molar-refractivity contribution in [2.24, 2.45) is 5.73 Å². The van der Waals surface area contributed by atoms with Crippen molar-refractivity contribution in [2.45, 2.75) is 18.9 Å². The molecular weight excluding hydrogens is 215 g/mol. The molecule has 2 nitrogen and oxygen atoms in total. The van der Waals surface area contributed by atoms with Gasteiger partial charge in [0, 0.05) is 42.0 Å². The molecule has 1 atom stereocenters. The largest absolute Gasteiger partial charge is 0.329 e. The summed E-state index contributed by atoms with van der Waals surface area (Å²) < 4.78 is 2.30. The Morgan fingerprint density at radius 1 is 1.75 bits per heavy atom. The maximum atomic E-state index is 5.48. The van der Waals surface area contributed by atoms with E-state index in [2.05, 4.69) is 26.0 Å². The van der Waals surface area contributed by atoms with Crippen molar-refractivity contribution in [1.82, 2.24) is 3.11 Å². The van der Waals surface area contributed by atoms with Crippen molar-refractivity contribution in [3.8, 4) is 0 Å². The lowest BCUT2D eigenvalue weighted by Gasteiger charge is -2.13. The monoisotopic (exact) mass is 226 g/mol. The van der Waals surface area contributed by atoms with E-state index in [1.165, 1.54) is 19.4 Å². The molecule has 1 saturated heterocycles. The molecule has 48 valence electrons. The second-order valence-corrected chi connectivity index (χ2v) is 3.39. The maximum absolute atomic E-state index is 5.48. The van der Waals surface area contributed by atoms with E-state index in [1.807, 2.05) is 0 Å². The summed E-state index contributed by atoms with van der Waals surface area (Å²) in [6.45, 7) is 2.05. The number of rotatable bonds is 1. The zero-order valence-corrected chi connectivity index (χ0v) is 6.97. The zero-order chi connectivity index (χ0) is 5.98. The molecular formula is C5H11IN2. The Morgan fingerprint density at radius 3 is 2.75 bits per heavy atom. The summed E-state index contributed by atoms with van der Waals surface area (Å²) in [5, 5.41) is 0. The Balaban J connectivity index is 2.30. The fourth-order valence-electron chi connectivity index (χ4n) is 1.03. The standard InChI is InChI=1S/C5H11IN2/c6-8-3-1-2-5(8)4-7/h5H,1-4,7H2/t5-/m1/s1. The highest BCUT2D eigenvalue weighted by Gasteiger charge is 2.19. The first-order valence-electron chi connectivity index (χ1n) is 2.97. The van der Waals surface area contributed by atoms with Crippen LogP contribution in [0.25, 0.3) is 0 Å². The topological polar surface area (TPSA) is 29.3 Å². The van der Waals surface area contributed by atoms with Gasteiger partial charge in [0.15, 0.2) is 0 Å². The molecule has 2 N–H and O–H groups in total. The minimum Gasteiger partial charge on any atom is -0.329 e. The van der Waals surface area contributed by atoms with Crippen LogP contribution in [-0.4, -0.2) is 22.2 Å². The molecule has 0 amide bonds. The van der Waals surface area contributed by atoms with Gasteiger partial charge in [-0.2, -0.15) is 0 Å². The maximum Gasteiger partial charge on any atom is 0.0317 e. The number of halogens is 1. The van der Waals surface area contributed by atoms with Crippen LogP contribution in [0.1, 0.15) is 12.8 Å². The normalized spacial score (nSPS) is 31.5. The zero-order valence-electron chi connectivity index (χ0n) is 4.81. The lowest BCUT2D eigenvalue weighted by molar-refractivity contribution is 0.478. The van der Waals surface area contributed by atoms with Crippen LogP contribution in [-0.2, 0) is 0 Å². The van der Waals surface area contributed by atoms with Gasteiger partial charge in [-0.05, 0) is 12.8 Å². The Labute approximate surface area is 63.9 Å². The quantitative estimate of drug-likeness (QED) is 0.528. The Morgan fingerprint density at radius 2 is 2.50 bits per heavy atom. The third-order valence-corrected chi connectivity index (χ3v) is 2.85. The van der Waals surface area contributed by atoms with E-state index >= 15 is 0 Å². The molecule has 0 aromatic rings. The summed E-state index contributed by atoms with van der Waals surface area (Å²) in [6.07, 6.45) is 2.62. The van der Waals surface area contributed by atoms with Crippen LogP contribution in [0.15, 0.2) is 0 Å². The SMILES string of the molecule is NC[C@H]1CCCN1I. The van der Waals surface area contributed by atoms with Gasteiger partial charge >= 0.3 is 0 Å². The van der Waals surface area contributed by atoms with Crippen LogP contribution in [0.3, 0.4) is 0 Å². The summed E-state index contributed by atoms with van der Waals surface area (Å²) in [4.78, 5) is 0. The number of hydrogen-bond donors (Lipinski definition) is 1. The van der Waals surface area contributed by atoms with Gasteiger partial charge in [-0.3, -0.25) is 0 Å². The highest BCUT2D eigenvalue weighted by molar-refractivity contribution is 14.1. The minimum absolute atomic E-state index is 0.663. The molecule has 1 aliphatic heterocycles. The van der Waals surface area contributed by atoms with Crippen molar-refractivity contribution in [1.29, 1.82) is 0 Å². The van der Waals surface area contributed by atoms with E-state index in [-0.39, 0.29) is 0 Å². The second-order valence-electron chi connectivity index (χ2n) is 2.16. The van der Waals surface area contributed by atoms with E-state index in [0.29, 0.717) is 6.04 Å². The van der Waals surface area contributed by atoms with Crippen molar-refractivity contribution in [3.63, 3.8) is 0 Å². The van der Waals surface area contributed by atoms with Crippen molar-refractivity contribution < 1.29 is 0 Å². The average molecular weight is 226 g/mol. The van der Waals surface area contributed by atoms with Gasteiger partial charge in [0.1, 0.15) is 0 Å². The summed E-state index contributed by atoms with van der Waals surface area (Å²) in [6, 6.07) is 0.663. The predicted octanol–water partition coefficient (Wildman–Crippen LogP) is 0.759. The highest BCUT2D eigenvalue weighted by Crippen LogP contribution is 2.19. The first-order valence-corrected chi connectivity index (χ1v) is 3.93. The first-order chi connectivity index (χ1) is 3.84. The van der Waals surface area contributed by atoms with Gasteiger partial charge in [-0.15, -0.1) is 0 Å². The molecule has 0 aliphatic carbocycles. The Bertz CT molecular complexity index is 76.8. The average Bonchev–Trinajstić information content (AvgIpc) is 2.14. The molecule has 0 radical (unpaired) electrons. The Hall–Kier alpha value is 0.650. The summed E-state index contributed by atoms with van der Waals surface area (Å²) in [7, 11) is 0. The first kappa shape index (κ1) is 6.77. The van der Waals surface area contributed by atoms with Crippen LogP contribution in [0.5, 0.6) is 0 Å². The van der Waals surface area contributed by atoms with E-state index in [9.17, 15) is 0 Å². The highest BCUT2D eigenvalue weighted by atomic mass is 127. The molecule has 1 heterocycles. The molecule has 0 spiro atoms. The molecule has 1 aliphatic rings. The van der Waals surface area contributed by atoms with Gasteiger partial charge in [-0.25, -0.2) is 3.11 Å². The van der Waals surface area contributed by atoms with Crippen LogP contribution in [0.2, 0.25) is 0 Å². The molecule has 1 fully saturated rings. The van der Waals surface area contributed by atoms with Gasteiger partial charge in [0.25, 0.3) is 0 Å². The van der Waals surface area contributed by atoms with E-state index in [4.69, 9.17) is 5.73 Å². The molecule has 0 unspecified atom stereocenters. The predicted molar refractivity (Wildman–Crippen MR) is 42.8 cm³/mol. The molecule has 0 saturated carbocycles. The van der Waals surface area contributed by atoms with E-state index in [0.717, 1.165) is 6.54 Å². The molecule has 1 rings (SSSR count). The summed E-state index contributed by atoms with van der Waals surface area (Å²) >= 11 is 2.35. The summed E-state index contributed by atoms with van der Waals surface area (Å²) in [5.41, 5.74) is 5.48. The number of hydrogen-bond acceptors (Lipinski definition) is 2. The van der Waals surface area contributed by atoms with Crippen LogP contribution < -0.4 is 5.73 Å². The Kier molecular flexibility index (Phi) is 2.52. The third kappa shape index (κ3) is 1.33. The van der Waals surface area contributed by atoms with Gasteiger partial charge in [0.2, 0.25) is 0 Å². The van der Waals surface area contributed by atoms with E-state index < -0.39 is 0 Å². The third-order valence-electron chi connectivity index (χ3n) is 1.58. The van der Waals surface area contributed by atoms with Gasteiger partial charge < -0.3 is 5.73 Å². The fraction of sp³-hybridized carbons (Fsp3) is 1.00. The molecule has 0 aromatic carbocycles. The molecule has 0 aromatic heterocycles. The molecule has 8 heavy (non-hydrogen) atoms. The summed E-state index contributed by atoms with van der Waals surface area (Å²) in [5.74, 6) is 0. The lowest BCUT2D eigenvalue weighted by atomic mass is 10.2.